The second-order valence-electron chi connectivity index (χ2n) is 4.45. The van der Waals surface area contributed by atoms with Gasteiger partial charge in [-0.25, -0.2) is 4.39 Å². The number of methoxy groups -OCH3 is 1. The number of halogens is 1. The van der Waals surface area contributed by atoms with Gasteiger partial charge in [0, 0.05) is 0 Å². The summed E-state index contributed by atoms with van der Waals surface area (Å²) in [5, 5.41) is 9.15. The van der Waals surface area contributed by atoms with Crippen LogP contribution in [0.3, 0.4) is 0 Å². The third-order valence-electron chi connectivity index (χ3n) is 3.57. The molecule has 1 aromatic carbocycles. The molecular formula is C13H15FO3. The van der Waals surface area contributed by atoms with Gasteiger partial charge in [0.2, 0.25) is 0 Å². The minimum Gasteiger partial charge on any atom is -0.497 e. The third-order valence-corrected chi connectivity index (χ3v) is 3.57. The van der Waals surface area contributed by atoms with Crippen molar-refractivity contribution >= 4 is 5.97 Å². The van der Waals surface area contributed by atoms with E-state index in [4.69, 9.17) is 9.84 Å². The van der Waals surface area contributed by atoms with Crippen molar-refractivity contribution in [2.24, 2.45) is 5.41 Å². The summed E-state index contributed by atoms with van der Waals surface area (Å²) in [6.07, 6.45) is 0.160. The summed E-state index contributed by atoms with van der Waals surface area (Å²) in [6, 6.07) is 6.48. The van der Waals surface area contributed by atoms with Crippen LogP contribution in [0.15, 0.2) is 24.3 Å². The first-order valence-electron chi connectivity index (χ1n) is 5.61. The summed E-state index contributed by atoms with van der Waals surface area (Å²) in [5.41, 5.74) is -0.804. The van der Waals surface area contributed by atoms with Crippen molar-refractivity contribution in [1.29, 1.82) is 0 Å². The Morgan fingerprint density at radius 3 is 2.35 bits per heavy atom. The number of rotatable bonds is 4. The zero-order valence-corrected chi connectivity index (χ0v) is 9.65. The second kappa shape index (κ2) is 4.35. The van der Waals surface area contributed by atoms with Crippen molar-refractivity contribution in [2.45, 2.75) is 25.4 Å². The predicted molar refractivity (Wildman–Crippen MR) is 60.8 cm³/mol. The van der Waals surface area contributed by atoms with E-state index in [9.17, 15) is 9.18 Å². The van der Waals surface area contributed by atoms with Crippen LogP contribution >= 0.6 is 0 Å². The van der Waals surface area contributed by atoms with Gasteiger partial charge in [-0.05, 0) is 30.5 Å². The molecule has 1 aromatic rings. The van der Waals surface area contributed by atoms with E-state index in [0.29, 0.717) is 24.2 Å². The van der Waals surface area contributed by atoms with Gasteiger partial charge in [-0.1, -0.05) is 18.6 Å². The van der Waals surface area contributed by atoms with Crippen molar-refractivity contribution in [3.8, 4) is 5.75 Å². The van der Waals surface area contributed by atoms with Crippen molar-refractivity contribution in [1.82, 2.24) is 0 Å². The quantitative estimate of drug-likeness (QED) is 0.877. The van der Waals surface area contributed by atoms with Gasteiger partial charge in [0.05, 0.1) is 7.11 Å². The largest absolute Gasteiger partial charge is 0.497 e. The van der Waals surface area contributed by atoms with Crippen LogP contribution in [0.4, 0.5) is 4.39 Å². The summed E-state index contributed by atoms with van der Waals surface area (Å²) >= 11 is 0. The molecule has 0 heterocycles. The molecule has 1 fully saturated rings. The number of benzene rings is 1. The molecule has 1 unspecified atom stereocenters. The molecule has 0 amide bonds. The lowest BCUT2D eigenvalue weighted by Gasteiger charge is -2.40. The predicted octanol–water partition coefficient (Wildman–Crippen LogP) is 2.96. The molecule has 1 aliphatic carbocycles. The number of carbonyl (C=O) groups is 1. The van der Waals surface area contributed by atoms with Gasteiger partial charge in [-0.15, -0.1) is 0 Å². The number of carboxylic acid groups (broad SMARTS) is 1. The number of hydrogen-bond acceptors (Lipinski definition) is 2. The molecule has 0 aliphatic heterocycles. The van der Waals surface area contributed by atoms with Crippen molar-refractivity contribution in [2.75, 3.05) is 7.11 Å². The third kappa shape index (κ3) is 1.88. The maximum absolute atomic E-state index is 14.3. The van der Waals surface area contributed by atoms with E-state index in [2.05, 4.69) is 0 Å². The zero-order chi connectivity index (χ0) is 12.5. The Morgan fingerprint density at radius 2 is 2.00 bits per heavy atom. The van der Waals surface area contributed by atoms with Crippen LogP contribution < -0.4 is 4.74 Å². The van der Waals surface area contributed by atoms with E-state index >= 15 is 0 Å². The minimum atomic E-state index is -1.44. The Hall–Kier alpha value is -1.58. The molecule has 0 radical (unpaired) electrons. The topological polar surface area (TPSA) is 46.5 Å². The van der Waals surface area contributed by atoms with Crippen LogP contribution in [0.1, 0.15) is 31.0 Å². The van der Waals surface area contributed by atoms with Gasteiger partial charge in [0.1, 0.15) is 17.3 Å². The average Bonchev–Trinajstić information content (AvgIpc) is 2.27. The molecule has 1 aliphatic rings. The van der Waals surface area contributed by atoms with Gasteiger partial charge >= 0.3 is 5.97 Å². The number of hydrogen-bond donors (Lipinski definition) is 1. The average molecular weight is 238 g/mol. The van der Waals surface area contributed by atoms with Crippen LogP contribution in [0.2, 0.25) is 0 Å². The molecule has 92 valence electrons. The van der Waals surface area contributed by atoms with Gasteiger partial charge in [0.25, 0.3) is 0 Å². The fourth-order valence-corrected chi connectivity index (χ4v) is 2.23. The molecule has 2 rings (SSSR count). The van der Waals surface area contributed by atoms with Gasteiger partial charge < -0.3 is 9.84 Å². The van der Waals surface area contributed by atoms with E-state index < -0.39 is 17.6 Å². The lowest BCUT2D eigenvalue weighted by molar-refractivity contribution is -0.161. The van der Waals surface area contributed by atoms with Crippen molar-refractivity contribution in [3.05, 3.63) is 29.8 Å². The number of aliphatic carboxylic acids is 1. The molecule has 0 spiro atoms. The SMILES string of the molecule is COc1ccc(C(F)C2(C(=O)O)CCC2)cc1. The number of ether oxygens (including phenoxy) is 1. The standard InChI is InChI=1S/C13H15FO3/c1-17-10-5-3-9(4-6-10)11(14)13(12(15)16)7-2-8-13/h3-6,11H,2,7-8H2,1H3,(H,15,16). The number of alkyl halides is 1. The van der Waals surface area contributed by atoms with Gasteiger partial charge in [-0.2, -0.15) is 0 Å². The van der Waals surface area contributed by atoms with E-state index in [1.165, 1.54) is 7.11 Å². The van der Waals surface area contributed by atoms with E-state index in [1.54, 1.807) is 24.3 Å². The summed E-state index contributed by atoms with van der Waals surface area (Å²) < 4.78 is 19.3. The maximum atomic E-state index is 14.3. The van der Waals surface area contributed by atoms with Crippen LogP contribution in [-0.2, 0) is 4.79 Å². The lowest BCUT2D eigenvalue weighted by Crippen LogP contribution is -2.41. The molecule has 0 bridgehead atoms. The normalized spacial score (nSPS) is 19.2. The molecule has 17 heavy (non-hydrogen) atoms. The highest BCUT2D eigenvalue weighted by Crippen LogP contribution is 2.52. The first-order chi connectivity index (χ1) is 8.10. The summed E-state index contributed by atoms with van der Waals surface area (Å²) in [6.45, 7) is 0. The monoisotopic (exact) mass is 238 g/mol. The van der Waals surface area contributed by atoms with Gasteiger partial charge in [-0.3, -0.25) is 4.79 Å². The smallest absolute Gasteiger partial charge is 0.312 e. The zero-order valence-electron chi connectivity index (χ0n) is 9.65. The first-order valence-corrected chi connectivity index (χ1v) is 5.61. The fourth-order valence-electron chi connectivity index (χ4n) is 2.23. The molecule has 1 atom stereocenters. The summed E-state index contributed by atoms with van der Waals surface area (Å²) in [4.78, 5) is 11.2. The Bertz CT molecular complexity index is 409. The molecule has 0 aromatic heterocycles. The van der Waals surface area contributed by atoms with Crippen molar-refractivity contribution in [3.63, 3.8) is 0 Å². The Kier molecular flexibility index (Phi) is 3.05. The maximum Gasteiger partial charge on any atom is 0.312 e. The van der Waals surface area contributed by atoms with Crippen molar-refractivity contribution < 1.29 is 19.0 Å². The highest BCUT2D eigenvalue weighted by atomic mass is 19.1. The Labute approximate surface area is 99.2 Å². The first kappa shape index (κ1) is 11.9. The number of carboxylic acids is 1. The highest BCUT2D eigenvalue weighted by molar-refractivity contribution is 5.77. The molecule has 4 heteroatoms. The van der Waals surface area contributed by atoms with Crippen LogP contribution in [0.5, 0.6) is 5.75 Å². The fraction of sp³-hybridized carbons (Fsp3) is 0.462. The molecule has 1 saturated carbocycles. The molecular weight excluding hydrogens is 223 g/mol. The second-order valence-corrected chi connectivity index (χ2v) is 4.45. The van der Waals surface area contributed by atoms with E-state index in [1.807, 2.05) is 0 Å². The van der Waals surface area contributed by atoms with Crippen LogP contribution in [0, 0.1) is 5.41 Å². The van der Waals surface area contributed by atoms with Gasteiger partial charge in [0.15, 0.2) is 0 Å². The molecule has 0 saturated heterocycles. The molecule has 3 nitrogen and oxygen atoms in total. The summed E-state index contributed by atoms with van der Waals surface area (Å²) in [7, 11) is 1.53. The highest BCUT2D eigenvalue weighted by Gasteiger charge is 2.51. The van der Waals surface area contributed by atoms with Crippen LogP contribution in [-0.4, -0.2) is 18.2 Å². The van der Waals surface area contributed by atoms with E-state index in [0.717, 1.165) is 6.42 Å². The Balaban J connectivity index is 2.23. The summed E-state index contributed by atoms with van der Waals surface area (Å²) in [5.74, 6) is -0.397. The molecule has 1 N–H and O–H groups in total. The van der Waals surface area contributed by atoms with E-state index in [-0.39, 0.29) is 0 Å². The minimum absolute atomic E-state index is 0.410. The Morgan fingerprint density at radius 1 is 1.41 bits per heavy atom. The lowest BCUT2D eigenvalue weighted by atomic mass is 9.64. The van der Waals surface area contributed by atoms with Crippen LogP contribution in [0.25, 0.3) is 0 Å².